The van der Waals surface area contributed by atoms with E-state index in [0.717, 1.165) is 17.4 Å². The number of nitrogens with zero attached hydrogens (tertiary/aromatic N) is 2. The van der Waals surface area contributed by atoms with Crippen LogP contribution in [0.25, 0.3) is 0 Å². The van der Waals surface area contributed by atoms with Crippen LogP contribution in [0.4, 0.5) is 0 Å². The lowest BCUT2D eigenvalue weighted by molar-refractivity contribution is 0.0957. The highest BCUT2D eigenvalue weighted by molar-refractivity contribution is 5.05. The van der Waals surface area contributed by atoms with Crippen LogP contribution in [0.2, 0.25) is 0 Å². The third-order valence-electron chi connectivity index (χ3n) is 6.11. The van der Waals surface area contributed by atoms with Gasteiger partial charge in [-0.05, 0) is 63.1 Å². The summed E-state index contributed by atoms with van der Waals surface area (Å²) in [6.07, 6.45) is 7.31. The van der Waals surface area contributed by atoms with Crippen molar-refractivity contribution in [3.8, 4) is 0 Å². The molecule has 0 radical (unpaired) electrons. The molecule has 3 nitrogen and oxygen atoms in total. The van der Waals surface area contributed by atoms with Gasteiger partial charge in [0.2, 0.25) is 0 Å². The van der Waals surface area contributed by atoms with Crippen LogP contribution in [0.15, 0.2) is 0 Å². The van der Waals surface area contributed by atoms with Crippen molar-refractivity contribution >= 4 is 0 Å². The summed E-state index contributed by atoms with van der Waals surface area (Å²) in [5.74, 6) is 1.03. The Balaban J connectivity index is 1.31. The highest BCUT2D eigenvalue weighted by Gasteiger charge is 2.54. The van der Waals surface area contributed by atoms with Crippen molar-refractivity contribution in [3.05, 3.63) is 0 Å². The zero-order valence-corrected chi connectivity index (χ0v) is 11.5. The number of hydrogen-bond donors (Lipinski definition) is 1. The maximum absolute atomic E-state index is 3.51. The summed E-state index contributed by atoms with van der Waals surface area (Å²) in [5.41, 5.74) is 0.776. The Kier molecular flexibility index (Phi) is 2.90. The Morgan fingerprint density at radius 3 is 2.89 bits per heavy atom. The second-order valence-electron chi connectivity index (χ2n) is 7.11. The molecule has 3 saturated heterocycles. The van der Waals surface area contributed by atoms with E-state index in [1.54, 1.807) is 0 Å². The minimum atomic E-state index is 0.776. The van der Waals surface area contributed by atoms with E-state index in [0.29, 0.717) is 0 Å². The van der Waals surface area contributed by atoms with Crippen molar-refractivity contribution in [1.29, 1.82) is 0 Å². The molecule has 102 valence electrons. The van der Waals surface area contributed by atoms with Crippen LogP contribution in [0.1, 0.15) is 32.1 Å². The number of fused-ring (bicyclic) bond motifs is 1. The summed E-state index contributed by atoms with van der Waals surface area (Å²) >= 11 is 0. The largest absolute Gasteiger partial charge is 0.317 e. The molecule has 3 heterocycles. The first-order valence-electron chi connectivity index (χ1n) is 8.03. The van der Waals surface area contributed by atoms with Crippen molar-refractivity contribution in [1.82, 2.24) is 15.1 Å². The van der Waals surface area contributed by atoms with E-state index in [1.807, 2.05) is 0 Å². The van der Waals surface area contributed by atoms with E-state index in [4.69, 9.17) is 0 Å². The summed E-state index contributed by atoms with van der Waals surface area (Å²) in [7, 11) is 0. The van der Waals surface area contributed by atoms with Crippen molar-refractivity contribution in [2.24, 2.45) is 11.3 Å². The fraction of sp³-hybridized carbons (Fsp3) is 1.00. The Hall–Kier alpha value is -0.120. The van der Waals surface area contributed by atoms with Gasteiger partial charge in [-0.1, -0.05) is 0 Å². The molecular weight excluding hydrogens is 222 g/mol. The Labute approximate surface area is 111 Å². The van der Waals surface area contributed by atoms with Gasteiger partial charge in [-0.2, -0.15) is 0 Å². The van der Waals surface area contributed by atoms with Gasteiger partial charge in [-0.3, -0.25) is 4.90 Å². The smallest absolute Gasteiger partial charge is 0.0224 e. The number of piperidine rings is 1. The summed E-state index contributed by atoms with van der Waals surface area (Å²) in [6, 6.07) is 0.904. The van der Waals surface area contributed by atoms with Crippen molar-refractivity contribution < 1.29 is 0 Å². The van der Waals surface area contributed by atoms with Crippen molar-refractivity contribution in [2.45, 2.75) is 38.1 Å². The Morgan fingerprint density at radius 1 is 1.11 bits per heavy atom. The molecule has 1 aliphatic carbocycles. The molecule has 0 aromatic carbocycles. The predicted octanol–water partition coefficient (Wildman–Crippen LogP) is 1.16. The molecule has 2 atom stereocenters. The molecule has 2 unspecified atom stereocenters. The van der Waals surface area contributed by atoms with Crippen LogP contribution in [0.5, 0.6) is 0 Å². The van der Waals surface area contributed by atoms with Crippen molar-refractivity contribution in [2.75, 3.05) is 45.8 Å². The van der Waals surface area contributed by atoms with E-state index < -0.39 is 0 Å². The topological polar surface area (TPSA) is 18.5 Å². The lowest BCUT2D eigenvalue weighted by atomic mass is 9.91. The quantitative estimate of drug-likeness (QED) is 0.792. The van der Waals surface area contributed by atoms with E-state index >= 15 is 0 Å². The van der Waals surface area contributed by atoms with Gasteiger partial charge in [0, 0.05) is 32.2 Å². The summed E-state index contributed by atoms with van der Waals surface area (Å²) < 4.78 is 0. The van der Waals surface area contributed by atoms with Crippen LogP contribution in [-0.2, 0) is 0 Å². The van der Waals surface area contributed by atoms with Crippen LogP contribution in [0, 0.1) is 11.3 Å². The second-order valence-corrected chi connectivity index (χ2v) is 7.11. The van der Waals surface area contributed by atoms with Gasteiger partial charge in [-0.15, -0.1) is 0 Å². The minimum Gasteiger partial charge on any atom is -0.317 e. The van der Waals surface area contributed by atoms with E-state index in [9.17, 15) is 0 Å². The predicted molar refractivity (Wildman–Crippen MR) is 73.7 cm³/mol. The zero-order valence-electron chi connectivity index (χ0n) is 11.5. The average Bonchev–Trinajstić information content (AvgIpc) is 2.87. The first-order chi connectivity index (χ1) is 8.86. The highest BCUT2D eigenvalue weighted by atomic mass is 15.3. The summed E-state index contributed by atoms with van der Waals surface area (Å²) in [4.78, 5) is 5.51. The number of rotatable bonds is 2. The lowest BCUT2D eigenvalue weighted by Gasteiger charge is -2.38. The Bertz CT molecular complexity index is 311. The first kappa shape index (κ1) is 11.7. The second kappa shape index (κ2) is 4.46. The maximum atomic E-state index is 3.51. The third kappa shape index (κ3) is 2.00. The van der Waals surface area contributed by atoms with Gasteiger partial charge in [0.1, 0.15) is 0 Å². The number of hydrogen-bond acceptors (Lipinski definition) is 3. The highest BCUT2D eigenvalue weighted by Crippen LogP contribution is 2.58. The minimum absolute atomic E-state index is 0.776. The van der Waals surface area contributed by atoms with Crippen LogP contribution in [0.3, 0.4) is 0 Å². The Morgan fingerprint density at radius 2 is 2.00 bits per heavy atom. The molecule has 18 heavy (non-hydrogen) atoms. The molecule has 0 aromatic rings. The fourth-order valence-electron chi connectivity index (χ4n) is 4.76. The molecular formula is C15H27N3. The lowest BCUT2D eigenvalue weighted by Crippen LogP contribution is -2.50. The van der Waals surface area contributed by atoms with Crippen LogP contribution < -0.4 is 5.32 Å². The normalized spacial score (nSPS) is 40.0. The van der Waals surface area contributed by atoms with E-state index in [-0.39, 0.29) is 0 Å². The molecule has 1 saturated carbocycles. The number of piperazine rings is 1. The third-order valence-corrected chi connectivity index (χ3v) is 6.11. The molecule has 1 N–H and O–H groups in total. The molecule has 3 heteroatoms. The van der Waals surface area contributed by atoms with Gasteiger partial charge in [-0.25, -0.2) is 0 Å². The van der Waals surface area contributed by atoms with E-state index in [2.05, 4.69) is 15.1 Å². The average molecular weight is 249 g/mol. The molecule has 0 aromatic heterocycles. The molecule has 1 spiro atoms. The molecule has 0 amide bonds. The molecule has 3 aliphatic heterocycles. The van der Waals surface area contributed by atoms with Gasteiger partial charge in [0.15, 0.2) is 0 Å². The standard InChI is InChI=1S/C15H27N3/c1-2-14-12-17(8-9-18(14)7-1)11-13-10-15(13)3-5-16-6-4-15/h13-14,16H,1-12H2. The van der Waals surface area contributed by atoms with E-state index in [1.165, 1.54) is 77.9 Å². The number of nitrogens with one attached hydrogen (secondary N) is 1. The maximum Gasteiger partial charge on any atom is 0.0224 e. The molecule has 4 fully saturated rings. The van der Waals surface area contributed by atoms with Crippen molar-refractivity contribution in [3.63, 3.8) is 0 Å². The van der Waals surface area contributed by atoms with Gasteiger partial charge in [0.05, 0.1) is 0 Å². The molecule has 4 rings (SSSR count). The summed E-state index contributed by atoms with van der Waals surface area (Å²) in [5, 5.41) is 3.51. The van der Waals surface area contributed by atoms with Crippen LogP contribution in [-0.4, -0.2) is 61.7 Å². The fourth-order valence-corrected chi connectivity index (χ4v) is 4.76. The van der Waals surface area contributed by atoms with Crippen LogP contribution >= 0.6 is 0 Å². The van der Waals surface area contributed by atoms with Gasteiger partial charge < -0.3 is 10.2 Å². The first-order valence-corrected chi connectivity index (χ1v) is 8.03. The monoisotopic (exact) mass is 249 g/mol. The van der Waals surface area contributed by atoms with Gasteiger partial charge in [0.25, 0.3) is 0 Å². The molecule has 0 bridgehead atoms. The molecule has 4 aliphatic rings. The van der Waals surface area contributed by atoms with Gasteiger partial charge >= 0.3 is 0 Å². The zero-order chi connectivity index (χ0) is 12.0. The summed E-state index contributed by atoms with van der Waals surface area (Å²) in [6.45, 7) is 9.36. The SMILES string of the molecule is C1CC2CN(CC3CC34CCNCC4)CCN2C1.